The average molecular weight is 573 g/mol. The first-order valence-electron chi connectivity index (χ1n) is 9.14. The summed E-state index contributed by atoms with van der Waals surface area (Å²) in [5, 5.41) is 21.2. The van der Waals surface area contributed by atoms with Gasteiger partial charge in [0.25, 0.3) is 22.6 Å². The van der Waals surface area contributed by atoms with E-state index < -0.39 is 56.3 Å². The number of aliphatic hydroxyl groups is 2. The first-order valence-corrected chi connectivity index (χ1v) is 11.8. The highest BCUT2D eigenvalue weighted by Crippen LogP contribution is 2.49. The number of hydrogen-bond donors (Lipinski definition) is 4. The van der Waals surface area contributed by atoms with E-state index in [1.54, 1.807) is 28.7 Å². The topological polar surface area (TPSA) is 108 Å². The third kappa shape index (κ3) is 4.86. The van der Waals surface area contributed by atoms with Gasteiger partial charge in [-0.2, -0.15) is 0 Å². The number of sulfonamides is 1. The Morgan fingerprint density at radius 2 is 1.87 bits per heavy atom. The van der Waals surface area contributed by atoms with Gasteiger partial charge in [-0.1, -0.05) is 0 Å². The molecule has 7 nitrogen and oxygen atoms in total. The van der Waals surface area contributed by atoms with E-state index >= 15 is 0 Å². The minimum Gasteiger partial charge on any atom is -0.494 e. The van der Waals surface area contributed by atoms with Crippen molar-refractivity contribution < 1.29 is 59.1 Å². The van der Waals surface area contributed by atoms with Crippen LogP contribution in [0.15, 0.2) is 24.3 Å². The fourth-order valence-electron chi connectivity index (χ4n) is 3.17. The molecule has 0 heterocycles. The minimum atomic E-state index is -4.22. The number of ether oxygens (including phenoxy) is 1. The Balaban J connectivity index is 2.06. The van der Waals surface area contributed by atoms with Gasteiger partial charge in [-0.25, -0.2) is 21.6 Å². The predicted octanol–water partition coefficient (Wildman–Crippen LogP) is -0.671. The second kappa shape index (κ2) is 9.00. The Morgan fingerprint density at radius 3 is 2.42 bits per heavy atom. The van der Waals surface area contributed by atoms with E-state index in [0.717, 1.165) is 7.11 Å². The Bertz CT molecular complexity index is 1100. The first kappa shape index (κ1) is 23.9. The number of nitrogens with one attached hydrogen (secondary N) is 2. The molecule has 2 aromatic carbocycles. The number of halogens is 4. The van der Waals surface area contributed by atoms with Crippen LogP contribution in [0.4, 0.5) is 30.2 Å². The maximum absolute atomic E-state index is 14.7. The zero-order chi connectivity index (χ0) is 23.0. The van der Waals surface area contributed by atoms with Crippen LogP contribution in [0.5, 0.6) is 5.75 Å². The van der Waals surface area contributed by atoms with Crippen molar-refractivity contribution in [2.45, 2.75) is 30.1 Å². The maximum atomic E-state index is 14.7. The highest BCUT2D eigenvalue weighted by molar-refractivity contribution is 7.94. The molecular weight excluding hydrogens is 552 g/mol. The van der Waals surface area contributed by atoms with E-state index in [-0.39, 0.29) is 30.7 Å². The van der Waals surface area contributed by atoms with Gasteiger partial charge in [0.15, 0.2) is 21.0 Å². The van der Waals surface area contributed by atoms with E-state index in [0.29, 0.717) is 9.64 Å². The van der Waals surface area contributed by atoms with Gasteiger partial charge in [0.1, 0.15) is 17.1 Å². The molecule has 1 aliphatic rings. The van der Waals surface area contributed by atoms with Crippen LogP contribution in [0.2, 0.25) is 0 Å². The third-order valence-electron chi connectivity index (χ3n) is 5.04. The molecule has 170 valence electrons. The fourth-order valence-corrected chi connectivity index (χ4v) is 5.40. The smallest absolute Gasteiger partial charge is 0.296 e. The summed E-state index contributed by atoms with van der Waals surface area (Å²) < 4.78 is 75.7. The summed E-state index contributed by atoms with van der Waals surface area (Å²) in [4.78, 5) is 0. The van der Waals surface area contributed by atoms with E-state index in [1.165, 1.54) is 12.1 Å². The summed E-state index contributed by atoms with van der Waals surface area (Å²) in [7, 11) is -3.08. The van der Waals surface area contributed by atoms with E-state index in [4.69, 9.17) is 9.84 Å². The van der Waals surface area contributed by atoms with Crippen LogP contribution in [0.1, 0.15) is 19.3 Å². The van der Waals surface area contributed by atoms with Crippen molar-refractivity contribution in [3.63, 3.8) is 0 Å². The highest BCUT2D eigenvalue weighted by Gasteiger charge is 2.55. The Hall–Kier alpha value is -1.77. The van der Waals surface area contributed by atoms with Crippen LogP contribution in [-0.4, -0.2) is 43.2 Å². The molecule has 3 rings (SSSR count). The average Bonchev–Trinajstić information content (AvgIpc) is 3.50. The number of methoxy groups -OCH3 is 1. The van der Waals surface area contributed by atoms with Gasteiger partial charge in [0.2, 0.25) is 10.0 Å². The second-order valence-electron chi connectivity index (χ2n) is 7.22. The van der Waals surface area contributed by atoms with Crippen molar-refractivity contribution in [2.24, 2.45) is 0 Å². The van der Waals surface area contributed by atoms with E-state index in [2.05, 4.69) is 10.0 Å². The molecule has 1 atom stereocenters. The van der Waals surface area contributed by atoms with Gasteiger partial charge in [0, 0.05) is 12.1 Å². The van der Waals surface area contributed by atoms with Gasteiger partial charge < -0.3 is 20.3 Å². The molecule has 0 radical (unpaired) electrons. The van der Waals surface area contributed by atoms with Crippen LogP contribution in [0.3, 0.4) is 0 Å². The molecule has 12 heteroatoms. The number of hydrogen-bond acceptors (Lipinski definition) is 6. The number of rotatable bonds is 9. The second-order valence-corrected chi connectivity index (χ2v) is 10.6. The summed E-state index contributed by atoms with van der Waals surface area (Å²) in [6, 6.07) is 4.71. The number of benzene rings is 2. The molecule has 31 heavy (non-hydrogen) atoms. The van der Waals surface area contributed by atoms with Crippen molar-refractivity contribution in [3.8, 4) is 5.75 Å². The molecule has 4 N–H and O–H groups in total. The summed E-state index contributed by atoms with van der Waals surface area (Å²) in [6.07, 6.45) is -1.08. The molecule has 0 saturated heterocycles. The lowest BCUT2D eigenvalue weighted by Gasteiger charge is -2.23. The van der Waals surface area contributed by atoms with Gasteiger partial charge in [0.05, 0.1) is 30.3 Å². The Kier molecular flexibility index (Phi) is 6.93. The minimum absolute atomic E-state index is 0.198. The lowest BCUT2D eigenvalue weighted by molar-refractivity contribution is -0.328. The molecule has 2 aromatic rings. The molecule has 1 aliphatic carbocycles. The largest absolute Gasteiger partial charge is 0.494 e. The summed E-state index contributed by atoms with van der Waals surface area (Å²) in [6.45, 7) is -0.620. The van der Waals surface area contributed by atoms with Crippen LogP contribution < -0.4 is 37.4 Å². The number of aliphatic hydroxyl groups excluding tert-OH is 2. The fraction of sp³-hybridized carbons (Fsp3) is 0.368. The van der Waals surface area contributed by atoms with E-state index in [1.807, 2.05) is 0 Å². The molecule has 0 bridgehead atoms. The van der Waals surface area contributed by atoms with Crippen molar-refractivity contribution in [1.29, 1.82) is 0 Å². The summed E-state index contributed by atoms with van der Waals surface area (Å²) in [5.41, 5.74) is -1.29. The predicted molar refractivity (Wildman–Crippen MR) is 105 cm³/mol. The zero-order valence-corrected chi connectivity index (χ0v) is 19.4. The molecule has 0 amide bonds. The van der Waals surface area contributed by atoms with Crippen molar-refractivity contribution in [3.05, 3.63) is 45.3 Å². The monoisotopic (exact) mass is 573 g/mol. The van der Waals surface area contributed by atoms with Gasteiger partial charge in [-0.15, -0.1) is 0 Å². The van der Waals surface area contributed by atoms with Crippen LogP contribution in [0.25, 0.3) is 0 Å². The molecular formula is C19H21F3IN2O5S+. The Morgan fingerprint density at radius 1 is 1.19 bits per heavy atom. The quantitative estimate of drug-likeness (QED) is 0.297. The normalized spacial score (nSPS) is 16.0. The third-order valence-corrected chi connectivity index (χ3v) is 7.95. The van der Waals surface area contributed by atoms with Crippen LogP contribution in [-0.2, 0) is 10.0 Å². The lowest BCUT2D eigenvalue weighted by atomic mass is 10.2. The molecule has 0 spiro atoms. The number of anilines is 3. The SMILES string of the molecule is COc1cc(F)c(F)c(Nc2ccc([IH+])cc2F)c1NS(=O)(=O)C1(C[C@@H](O)CO)CC1. The van der Waals surface area contributed by atoms with Crippen molar-refractivity contribution >= 4 is 27.1 Å². The first-order chi connectivity index (χ1) is 14.5. The summed E-state index contributed by atoms with van der Waals surface area (Å²) >= 11 is 1.57. The zero-order valence-electron chi connectivity index (χ0n) is 16.3. The molecule has 1 saturated carbocycles. The van der Waals surface area contributed by atoms with Gasteiger partial charge in [-0.05, 0) is 31.4 Å². The maximum Gasteiger partial charge on any atom is 0.296 e. The van der Waals surface area contributed by atoms with Gasteiger partial charge >= 0.3 is 0 Å². The van der Waals surface area contributed by atoms with E-state index in [9.17, 15) is 26.7 Å². The Labute approximate surface area is 190 Å². The molecule has 1 fully saturated rings. The standard InChI is InChI=1S/C19H21F3IN2O5S/c1-30-15-7-13(21)16(22)18(24-14-3-2-10(23)6-12(14)20)17(15)25-31(28,29)19(4-5-19)8-11(27)9-26/h2-3,6-7,11,23-27H,4-5,8-9H2,1H3/q+1/t11-/m1/s1. The lowest BCUT2D eigenvalue weighted by Crippen LogP contribution is -3.34. The highest BCUT2D eigenvalue weighted by atomic mass is 127. The van der Waals surface area contributed by atoms with Crippen molar-refractivity contribution in [2.75, 3.05) is 23.8 Å². The van der Waals surface area contributed by atoms with Gasteiger partial charge in [-0.3, -0.25) is 4.72 Å². The van der Waals surface area contributed by atoms with Crippen LogP contribution in [0, 0.1) is 21.0 Å². The van der Waals surface area contributed by atoms with Crippen LogP contribution >= 0.6 is 0 Å². The summed E-state index contributed by atoms with van der Waals surface area (Å²) in [5.74, 6) is -3.83. The van der Waals surface area contributed by atoms with Crippen molar-refractivity contribution in [1.82, 2.24) is 0 Å². The molecule has 0 aromatic heterocycles. The molecule has 0 unspecified atom stereocenters. The molecule has 0 aliphatic heterocycles.